The number of carbonyl (C=O) groups is 1. The van der Waals surface area contributed by atoms with Gasteiger partial charge in [0.1, 0.15) is 11.5 Å². The van der Waals surface area contributed by atoms with Gasteiger partial charge in [-0.1, -0.05) is 25.1 Å². The summed E-state index contributed by atoms with van der Waals surface area (Å²) in [4.78, 5) is 18.4. The maximum absolute atomic E-state index is 12.3. The predicted octanol–water partition coefficient (Wildman–Crippen LogP) is 2.50. The summed E-state index contributed by atoms with van der Waals surface area (Å²) in [6.07, 6.45) is 2.09. The monoisotopic (exact) mass is 412 g/mol. The molecule has 2 atom stereocenters. The highest BCUT2D eigenvalue weighted by Crippen LogP contribution is 2.45. The van der Waals surface area contributed by atoms with Gasteiger partial charge in [0.2, 0.25) is 5.91 Å². The summed E-state index contributed by atoms with van der Waals surface area (Å²) in [5, 5.41) is 0.385. The molecule has 2 fully saturated rings. The van der Waals surface area contributed by atoms with Crippen LogP contribution in [0, 0.1) is 0 Å². The first-order chi connectivity index (χ1) is 12.9. The molecule has 0 bridgehead atoms. The average Bonchev–Trinajstić information content (AvgIpc) is 3.10. The van der Waals surface area contributed by atoms with E-state index in [1.165, 1.54) is 11.8 Å². The van der Waals surface area contributed by atoms with E-state index in [2.05, 4.69) is 4.99 Å². The number of thioether (sulfide) groups is 1. The summed E-state index contributed by atoms with van der Waals surface area (Å²) in [5.41, 5.74) is 0.663. The molecule has 2 saturated heterocycles. The molecule has 0 saturated carbocycles. The van der Waals surface area contributed by atoms with Gasteiger partial charge in [0.15, 0.2) is 15.0 Å². The molecule has 3 rings (SSSR count). The normalized spacial score (nSPS) is 24.9. The van der Waals surface area contributed by atoms with Crippen molar-refractivity contribution < 1.29 is 22.7 Å². The molecule has 2 heterocycles. The Kier molecular flexibility index (Phi) is 6.00. The van der Waals surface area contributed by atoms with Crippen LogP contribution in [0.4, 0.5) is 5.69 Å². The highest BCUT2D eigenvalue weighted by Gasteiger charge is 2.50. The van der Waals surface area contributed by atoms with Crippen molar-refractivity contribution in [2.45, 2.75) is 37.5 Å². The molecule has 1 amide bonds. The number of carbonyl (C=O) groups excluding carboxylic acids is 1. The number of methoxy groups -OCH3 is 2. The summed E-state index contributed by atoms with van der Waals surface area (Å²) in [7, 11) is -0.000179. The third-order valence-corrected chi connectivity index (χ3v) is 7.89. The lowest BCUT2D eigenvalue weighted by atomic mass is 10.2. The zero-order valence-electron chi connectivity index (χ0n) is 15.7. The lowest BCUT2D eigenvalue weighted by molar-refractivity contribution is -0.117. The van der Waals surface area contributed by atoms with Crippen LogP contribution in [0.3, 0.4) is 0 Å². The van der Waals surface area contributed by atoms with Crippen LogP contribution < -0.4 is 14.4 Å². The number of amidine groups is 1. The highest BCUT2D eigenvalue weighted by molar-refractivity contribution is 8.16. The van der Waals surface area contributed by atoms with Crippen LogP contribution in [0.25, 0.3) is 0 Å². The molecule has 7 nitrogen and oxygen atoms in total. The number of hydrogen-bond donors (Lipinski definition) is 0. The molecule has 0 unspecified atom stereocenters. The zero-order valence-corrected chi connectivity index (χ0v) is 17.3. The SMILES string of the molecule is CCCCC(=O)N=C1S[C@@H]2CS(=O)(=O)C[C@H]2N1c1cc(OC)ccc1OC. The van der Waals surface area contributed by atoms with E-state index in [9.17, 15) is 13.2 Å². The third-order valence-electron chi connectivity index (χ3n) is 4.68. The minimum Gasteiger partial charge on any atom is -0.497 e. The third kappa shape index (κ3) is 4.24. The second-order valence-electron chi connectivity index (χ2n) is 6.60. The minimum atomic E-state index is -3.12. The Bertz CT molecular complexity index is 853. The van der Waals surface area contributed by atoms with Crippen LogP contribution in [0.2, 0.25) is 0 Å². The number of ether oxygens (including phenoxy) is 2. The Morgan fingerprint density at radius 3 is 2.74 bits per heavy atom. The van der Waals surface area contributed by atoms with Gasteiger partial charge in [-0.15, -0.1) is 0 Å². The Hall–Kier alpha value is -1.74. The van der Waals surface area contributed by atoms with Crippen molar-refractivity contribution in [2.24, 2.45) is 4.99 Å². The number of sulfone groups is 1. The Balaban J connectivity index is 2.03. The number of nitrogens with zero attached hydrogens (tertiary/aromatic N) is 2. The molecule has 27 heavy (non-hydrogen) atoms. The van der Waals surface area contributed by atoms with Gasteiger partial charge in [-0.05, 0) is 18.6 Å². The van der Waals surface area contributed by atoms with Gasteiger partial charge in [-0.25, -0.2) is 8.42 Å². The number of unbranched alkanes of at least 4 members (excludes halogenated alkanes) is 1. The molecule has 9 heteroatoms. The summed E-state index contributed by atoms with van der Waals surface area (Å²) in [5.74, 6) is 1.14. The molecule has 2 aliphatic rings. The van der Waals surface area contributed by atoms with Gasteiger partial charge < -0.3 is 14.4 Å². The van der Waals surface area contributed by atoms with E-state index in [4.69, 9.17) is 9.47 Å². The fourth-order valence-corrected chi connectivity index (χ4v) is 7.25. The smallest absolute Gasteiger partial charge is 0.248 e. The molecule has 0 N–H and O–H groups in total. The van der Waals surface area contributed by atoms with E-state index in [1.54, 1.807) is 32.4 Å². The number of aliphatic imine (C=N–C) groups is 1. The number of hydrogen-bond acceptors (Lipinski definition) is 6. The van der Waals surface area contributed by atoms with E-state index in [1.807, 2.05) is 11.8 Å². The Morgan fingerprint density at radius 2 is 2.07 bits per heavy atom. The van der Waals surface area contributed by atoms with E-state index < -0.39 is 9.84 Å². The van der Waals surface area contributed by atoms with Crippen molar-refractivity contribution in [2.75, 3.05) is 30.6 Å². The number of anilines is 1. The van der Waals surface area contributed by atoms with Gasteiger partial charge >= 0.3 is 0 Å². The topological polar surface area (TPSA) is 85.3 Å². The number of fused-ring (bicyclic) bond motifs is 1. The summed E-state index contributed by atoms with van der Waals surface area (Å²) >= 11 is 1.36. The minimum absolute atomic E-state index is 0.0349. The summed E-state index contributed by atoms with van der Waals surface area (Å²) in [6.45, 7) is 2.02. The molecular formula is C18H24N2O5S2. The lowest BCUT2D eigenvalue weighted by Gasteiger charge is -2.26. The second-order valence-corrected chi connectivity index (χ2v) is 9.96. The van der Waals surface area contributed by atoms with Gasteiger partial charge in [0.05, 0.1) is 37.5 Å². The van der Waals surface area contributed by atoms with Crippen LogP contribution in [-0.2, 0) is 14.6 Å². The first kappa shape index (κ1) is 20.0. The second kappa shape index (κ2) is 8.10. The zero-order chi connectivity index (χ0) is 19.6. The highest BCUT2D eigenvalue weighted by atomic mass is 32.2. The molecule has 1 aromatic carbocycles. The van der Waals surface area contributed by atoms with Crippen molar-refractivity contribution >= 4 is 38.4 Å². The van der Waals surface area contributed by atoms with Crippen LogP contribution in [-0.4, -0.2) is 56.5 Å². The van der Waals surface area contributed by atoms with E-state index in [-0.39, 0.29) is 28.7 Å². The number of amides is 1. The van der Waals surface area contributed by atoms with E-state index in [0.29, 0.717) is 28.8 Å². The van der Waals surface area contributed by atoms with Crippen LogP contribution in [0.5, 0.6) is 11.5 Å². The van der Waals surface area contributed by atoms with Gasteiger partial charge in [0.25, 0.3) is 0 Å². The first-order valence-electron chi connectivity index (χ1n) is 8.88. The van der Waals surface area contributed by atoms with Crippen molar-refractivity contribution in [1.29, 1.82) is 0 Å². The maximum atomic E-state index is 12.3. The van der Waals surface area contributed by atoms with Crippen LogP contribution >= 0.6 is 11.8 Å². The van der Waals surface area contributed by atoms with Crippen LogP contribution in [0.15, 0.2) is 23.2 Å². The molecular weight excluding hydrogens is 388 g/mol. The molecule has 1 aromatic rings. The average molecular weight is 413 g/mol. The fraction of sp³-hybridized carbons (Fsp3) is 0.556. The Labute approximate surface area is 164 Å². The van der Waals surface area contributed by atoms with Crippen LogP contribution in [0.1, 0.15) is 26.2 Å². The molecule has 148 valence electrons. The molecule has 0 aromatic heterocycles. The molecule has 2 aliphatic heterocycles. The van der Waals surface area contributed by atoms with Crippen molar-refractivity contribution in [3.05, 3.63) is 18.2 Å². The largest absolute Gasteiger partial charge is 0.497 e. The lowest BCUT2D eigenvalue weighted by Crippen LogP contribution is -2.38. The predicted molar refractivity (Wildman–Crippen MR) is 108 cm³/mol. The standard InChI is InChI=1S/C18H24N2O5S2/c1-4-5-6-17(21)19-18-20(14-10-27(22,23)11-16(14)26-18)13-9-12(24-2)7-8-15(13)25-3/h7-9,14,16H,4-6,10-11H2,1-3H3/t14-,16-/m1/s1. The van der Waals surface area contributed by atoms with Crippen molar-refractivity contribution in [3.63, 3.8) is 0 Å². The Morgan fingerprint density at radius 1 is 1.30 bits per heavy atom. The van der Waals surface area contributed by atoms with Crippen molar-refractivity contribution in [3.8, 4) is 11.5 Å². The first-order valence-corrected chi connectivity index (χ1v) is 11.6. The van der Waals surface area contributed by atoms with Gasteiger partial charge in [-0.2, -0.15) is 4.99 Å². The molecule has 0 aliphatic carbocycles. The van der Waals surface area contributed by atoms with Gasteiger partial charge in [0, 0.05) is 17.7 Å². The van der Waals surface area contributed by atoms with Crippen molar-refractivity contribution in [1.82, 2.24) is 0 Å². The fourth-order valence-electron chi connectivity index (χ4n) is 3.32. The maximum Gasteiger partial charge on any atom is 0.248 e. The molecule has 0 spiro atoms. The summed E-state index contributed by atoms with van der Waals surface area (Å²) < 4.78 is 35.1. The van der Waals surface area contributed by atoms with Gasteiger partial charge in [-0.3, -0.25) is 4.79 Å². The summed E-state index contributed by atoms with van der Waals surface area (Å²) in [6, 6.07) is 5.06. The number of benzene rings is 1. The molecule has 0 radical (unpaired) electrons. The van der Waals surface area contributed by atoms with E-state index in [0.717, 1.165) is 12.8 Å². The van der Waals surface area contributed by atoms with E-state index >= 15 is 0 Å². The number of rotatable bonds is 6. The quantitative estimate of drug-likeness (QED) is 0.710.